The fourth-order valence-corrected chi connectivity index (χ4v) is 2.92. The molecule has 0 aliphatic carbocycles. The summed E-state index contributed by atoms with van der Waals surface area (Å²) in [5, 5.41) is -0.0335. The van der Waals surface area contributed by atoms with Gasteiger partial charge in [0.25, 0.3) is 0 Å². The second-order valence-corrected chi connectivity index (χ2v) is 7.33. The van der Waals surface area contributed by atoms with E-state index < -0.39 is 0 Å². The summed E-state index contributed by atoms with van der Waals surface area (Å²) in [5.41, 5.74) is 6.94. The molecular weight excluding hydrogens is 304 g/mol. The second-order valence-electron chi connectivity index (χ2n) is 6.00. The highest BCUT2D eigenvalue weighted by Gasteiger charge is 2.24. The predicted molar refractivity (Wildman–Crippen MR) is 94.9 cm³/mol. The Morgan fingerprint density at radius 1 is 1.33 bits per heavy atom. The average Bonchev–Trinajstić information content (AvgIpc) is 2.44. The highest BCUT2D eigenvalue weighted by Crippen LogP contribution is 2.21. The number of amides is 1. The first kappa shape index (κ1) is 20.3. The molecule has 0 heterocycles. The van der Waals surface area contributed by atoms with Crippen molar-refractivity contribution < 1.29 is 4.79 Å². The van der Waals surface area contributed by atoms with Crippen LogP contribution in [-0.4, -0.2) is 36.2 Å². The third kappa shape index (κ3) is 7.21. The minimum Gasteiger partial charge on any atom is -0.344 e. The summed E-state index contributed by atoms with van der Waals surface area (Å²) in [5.74, 6) is 1.04. The Balaban J connectivity index is 0.00000400. The van der Waals surface area contributed by atoms with Crippen molar-refractivity contribution in [2.45, 2.75) is 31.8 Å². The van der Waals surface area contributed by atoms with Crippen molar-refractivity contribution in [3.63, 3.8) is 0 Å². The lowest BCUT2D eigenvalue weighted by molar-refractivity contribution is -0.130. The highest BCUT2D eigenvalue weighted by molar-refractivity contribution is 7.99. The maximum Gasteiger partial charge on any atom is 0.235 e. The lowest BCUT2D eigenvalue weighted by Crippen LogP contribution is -2.42. The molecule has 21 heavy (non-hydrogen) atoms. The quantitative estimate of drug-likeness (QED) is 0.835. The first-order valence-corrected chi connectivity index (χ1v) is 8.01. The Morgan fingerprint density at radius 2 is 1.90 bits per heavy atom. The second kappa shape index (κ2) is 9.34. The Bertz CT molecular complexity index is 426. The van der Waals surface area contributed by atoms with Crippen LogP contribution >= 0.6 is 24.2 Å². The number of hydrogen-bond acceptors (Lipinski definition) is 3. The zero-order chi connectivity index (χ0) is 15.2. The summed E-state index contributed by atoms with van der Waals surface area (Å²) in [6.07, 6.45) is 0. The molecule has 1 rings (SSSR count). The van der Waals surface area contributed by atoms with E-state index in [1.165, 1.54) is 5.56 Å². The van der Waals surface area contributed by atoms with Crippen LogP contribution in [-0.2, 0) is 10.5 Å². The van der Waals surface area contributed by atoms with E-state index in [1.54, 1.807) is 16.7 Å². The van der Waals surface area contributed by atoms with Gasteiger partial charge in [0, 0.05) is 19.3 Å². The summed E-state index contributed by atoms with van der Waals surface area (Å²) < 4.78 is 0. The van der Waals surface area contributed by atoms with Crippen LogP contribution in [0.5, 0.6) is 0 Å². The van der Waals surface area contributed by atoms with Gasteiger partial charge in [0.05, 0.1) is 5.25 Å². The molecule has 0 aliphatic rings. The topological polar surface area (TPSA) is 46.3 Å². The zero-order valence-electron chi connectivity index (χ0n) is 13.3. The largest absolute Gasteiger partial charge is 0.344 e. The summed E-state index contributed by atoms with van der Waals surface area (Å²) in [6, 6.07) is 10.2. The van der Waals surface area contributed by atoms with E-state index in [9.17, 15) is 4.79 Å². The maximum atomic E-state index is 12.3. The van der Waals surface area contributed by atoms with Crippen molar-refractivity contribution in [2.75, 3.05) is 20.1 Å². The molecule has 1 amide bonds. The number of halogens is 1. The van der Waals surface area contributed by atoms with Crippen LogP contribution in [0.25, 0.3) is 0 Å². The monoisotopic (exact) mass is 330 g/mol. The lowest BCUT2D eigenvalue weighted by Gasteiger charge is -2.30. The summed E-state index contributed by atoms with van der Waals surface area (Å²) in [6.45, 7) is 7.41. The molecule has 120 valence electrons. The van der Waals surface area contributed by atoms with Crippen molar-refractivity contribution in [3.05, 3.63) is 35.9 Å². The molecular formula is C16H27ClN2OS. The number of hydrogen-bond donors (Lipinski definition) is 1. The van der Waals surface area contributed by atoms with E-state index in [-0.39, 0.29) is 29.0 Å². The number of nitrogens with two attached hydrogens (primary N) is 1. The smallest absolute Gasteiger partial charge is 0.235 e. The molecule has 0 bridgehead atoms. The van der Waals surface area contributed by atoms with Crippen LogP contribution in [0.1, 0.15) is 26.3 Å². The Morgan fingerprint density at radius 3 is 2.43 bits per heavy atom. The summed E-state index contributed by atoms with van der Waals surface area (Å²) in [4.78, 5) is 14.1. The molecule has 0 saturated carbocycles. The van der Waals surface area contributed by atoms with E-state index in [0.29, 0.717) is 13.1 Å². The highest BCUT2D eigenvalue weighted by atomic mass is 35.5. The average molecular weight is 331 g/mol. The fourth-order valence-electron chi connectivity index (χ4n) is 1.96. The number of thioether (sulfide) groups is 1. The van der Waals surface area contributed by atoms with E-state index in [1.807, 2.05) is 32.2 Å². The van der Waals surface area contributed by atoms with Gasteiger partial charge in [0.15, 0.2) is 0 Å². The van der Waals surface area contributed by atoms with Crippen molar-refractivity contribution in [1.82, 2.24) is 4.90 Å². The molecule has 1 aromatic rings. The molecule has 1 unspecified atom stereocenters. The number of rotatable bonds is 7. The van der Waals surface area contributed by atoms with Gasteiger partial charge in [-0.1, -0.05) is 44.2 Å². The SMILES string of the molecule is CC(SCc1ccccc1)C(=O)N(C)CC(C)(C)CN.Cl. The van der Waals surface area contributed by atoms with Gasteiger partial charge in [0.2, 0.25) is 5.91 Å². The summed E-state index contributed by atoms with van der Waals surface area (Å²) in [7, 11) is 1.86. The molecule has 0 saturated heterocycles. The van der Waals surface area contributed by atoms with Crippen molar-refractivity contribution in [2.24, 2.45) is 11.1 Å². The molecule has 0 fully saturated rings. The minimum absolute atomic E-state index is 0. The minimum atomic E-state index is -0.0335. The van der Waals surface area contributed by atoms with Crippen LogP contribution in [0.2, 0.25) is 0 Å². The molecule has 0 spiro atoms. The van der Waals surface area contributed by atoms with E-state index in [4.69, 9.17) is 5.73 Å². The van der Waals surface area contributed by atoms with E-state index in [2.05, 4.69) is 26.0 Å². The first-order chi connectivity index (χ1) is 9.35. The molecule has 0 aromatic heterocycles. The van der Waals surface area contributed by atoms with Gasteiger partial charge in [-0.05, 0) is 24.4 Å². The molecule has 5 heteroatoms. The van der Waals surface area contributed by atoms with Gasteiger partial charge in [0.1, 0.15) is 0 Å². The summed E-state index contributed by atoms with van der Waals surface area (Å²) >= 11 is 1.68. The van der Waals surface area contributed by atoms with E-state index in [0.717, 1.165) is 5.75 Å². The van der Waals surface area contributed by atoms with Gasteiger partial charge >= 0.3 is 0 Å². The van der Waals surface area contributed by atoms with E-state index >= 15 is 0 Å². The van der Waals surface area contributed by atoms with Crippen LogP contribution < -0.4 is 5.73 Å². The Kier molecular flexibility index (Phi) is 9.02. The van der Waals surface area contributed by atoms with Crippen LogP contribution in [0.15, 0.2) is 30.3 Å². The van der Waals surface area contributed by atoms with Crippen molar-refractivity contribution in [1.29, 1.82) is 0 Å². The van der Waals surface area contributed by atoms with Crippen LogP contribution in [0, 0.1) is 5.41 Å². The lowest BCUT2D eigenvalue weighted by atomic mass is 9.93. The standard InChI is InChI=1S/C16H26N2OS.ClH/c1-13(20-10-14-8-6-5-7-9-14)15(19)18(4)12-16(2,3)11-17;/h5-9,13H,10-12,17H2,1-4H3;1H. The van der Waals surface area contributed by atoms with Gasteiger partial charge in [-0.15, -0.1) is 24.2 Å². The van der Waals surface area contributed by atoms with Crippen molar-refractivity contribution >= 4 is 30.1 Å². The Labute approximate surface area is 139 Å². The van der Waals surface area contributed by atoms with Crippen LogP contribution in [0.4, 0.5) is 0 Å². The number of carbonyl (C=O) groups is 1. The molecule has 0 aliphatic heterocycles. The van der Waals surface area contributed by atoms with Crippen LogP contribution in [0.3, 0.4) is 0 Å². The third-order valence-corrected chi connectivity index (χ3v) is 4.49. The molecule has 2 N–H and O–H groups in total. The Hall–Kier alpha value is -0.710. The van der Waals surface area contributed by atoms with Gasteiger partial charge < -0.3 is 10.6 Å². The predicted octanol–water partition coefficient (Wildman–Crippen LogP) is 3.17. The van der Waals surface area contributed by atoms with Gasteiger partial charge in [-0.3, -0.25) is 4.79 Å². The number of benzene rings is 1. The fraction of sp³-hybridized carbons (Fsp3) is 0.562. The molecule has 1 aromatic carbocycles. The molecule has 1 atom stereocenters. The zero-order valence-corrected chi connectivity index (χ0v) is 15.0. The number of carbonyl (C=O) groups excluding carboxylic acids is 1. The molecule has 0 radical (unpaired) electrons. The normalized spacial score (nSPS) is 12.4. The van der Waals surface area contributed by atoms with Gasteiger partial charge in [-0.2, -0.15) is 0 Å². The molecule has 3 nitrogen and oxygen atoms in total. The maximum absolute atomic E-state index is 12.3. The first-order valence-electron chi connectivity index (χ1n) is 6.96. The van der Waals surface area contributed by atoms with Crippen molar-refractivity contribution in [3.8, 4) is 0 Å². The number of nitrogens with zero attached hydrogens (tertiary/aromatic N) is 1. The van der Waals surface area contributed by atoms with Gasteiger partial charge in [-0.25, -0.2) is 0 Å². The third-order valence-electron chi connectivity index (χ3n) is 3.28.